The van der Waals surface area contributed by atoms with Gasteiger partial charge in [-0.15, -0.1) is 0 Å². The van der Waals surface area contributed by atoms with E-state index >= 15 is 0 Å². The molecule has 0 aliphatic heterocycles. The normalized spacial score (nSPS) is 10.1. The van der Waals surface area contributed by atoms with Crippen LogP contribution in [0.3, 0.4) is 0 Å². The number of nitrogens with one attached hydrogen (secondary N) is 3. The monoisotopic (exact) mass is 504 g/mol. The van der Waals surface area contributed by atoms with Crippen molar-refractivity contribution in [2.45, 2.75) is 13.8 Å². The molecule has 188 valence electrons. The second kappa shape index (κ2) is 11.5. The zero-order valence-corrected chi connectivity index (χ0v) is 21.0. The largest absolute Gasteiger partial charge is 0.468 e. The van der Waals surface area contributed by atoms with Gasteiger partial charge in [0.25, 0.3) is 0 Å². The molecule has 3 N–H and O–H groups in total. The fourth-order valence-corrected chi connectivity index (χ4v) is 3.72. The van der Waals surface area contributed by atoms with Gasteiger partial charge in [-0.1, -0.05) is 12.1 Å². The van der Waals surface area contributed by atoms with Crippen molar-refractivity contribution in [3.63, 3.8) is 0 Å². The topological polar surface area (TPSA) is 149 Å². The minimum absolute atomic E-state index is 0.117. The summed E-state index contributed by atoms with van der Waals surface area (Å²) in [5.41, 5.74) is 6.61. The molecule has 1 aromatic heterocycles. The molecule has 10 heteroatoms. The van der Waals surface area contributed by atoms with E-state index in [9.17, 15) is 4.79 Å². The van der Waals surface area contributed by atoms with Crippen molar-refractivity contribution < 1.29 is 9.53 Å². The third kappa shape index (κ3) is 6.20. The quantitative estimate of drug-likeness (QED) is 0.281. The maximum Gasteiger partial charge on any atom is 0.325 e. The molecular weight excluding hydrogens is 480 g/mol. The lowest BCUT2D eigenvalue weighted by Gasteiger charge is -2.16. The lowest BCUT2D eigenvalue weighted by Crippen LogP contribution is -2.18. The summed E-state index contributed by atoms with van der Waals surface area (Å²) in [7, 11) is 1.30. The van der Waals surface area contributed by atoms with E-state index in [4.69, 9.17) is 15.3 Å². The minimum atomic E-state index is -0.466. The summed E-state index contributed by atoms with van der Waals surface area (Å²) in [5, 5.41) is 27.3. The molecule has 4 rings (SSSR count). The van der Waals surface area contributed by atoms with Crippen LogP contribution in [-0.2, 0) is 9.53 Å². The summed E-state index contributed by atoms with van der Waals surface area (Å²) >= 11 is 0. The highest BCUT2D eigenvalue weighted by Gasteiger charge is 2.13. The number of esters is 1. The fourth-order valence-electron chi connectivity index (χ4n) is 3.72. The summed E-state index contributed by atoms with van der Waals surface area (Å²) in [6.45, 7) is 3.85. The van der Waals surface area contributed by atoms with Crippen LogP contribution in [-0.4, -0.2) is 34.6 Å². The van der Waals surface area contributed by atoms with Crippen molar-refractivity contribution in [3.8, 4) is 23.3 Å². The number of nitrogens with zero attached hydrogens (tertiary/aromatic N) is 5. The second-order valence-corrected chi connectivity index (χ2v) is 8.35. The number of rotatable bonds is 8. The van der Waals surface area contributed by atoms with Gasteiger partial charge < -0.3 is 20.7 Å². The molecule has 0 amide bonds. The maximum absolute atomic E-state index is 11.6. The van der Waals surface area contributed by atoms with Gasteiger partial charge in [-0.05, 0) is 84.6 Å². The molecule has 4 aromatic rings. The number of nitriles is 2. The second-order valence-electron chi connectivity index (χ2n) is 8.35. The van der Waals surface area contributed by atoms with Gasteiger partial charge in [0.2, 0.25) is 17.8 Å². The highest BCUT2D eigenvalue weighted by atomic mass is 16.5. The molecule has 0 saturated heterocycles. The van der Waals surface area contributed by atoms with Gasteiger partial charge in [0.05, 0.1) is 30.4 Å². The van der Waals surface area contributed by atoms with Crippen molar-refractivity contribution >= 4 is 35.2 Å². The Morgan fingerprint density at radius 1 is 0.789 bits per heavy atom. The van der Waals surface area contributed by atoms with Crippen LogP contribution in [0.2, 0.25) is 0 Å². The van der Waals surface area contributed by atoms with E-state index in [1.807, 2.05) is 38.1 Å². The number of carbonyl (C=O) groups excluding carboxylic acids is 1. The molecule has 0 atom stereocenters. The number of hydrogen-bond acceptors (Lipinski definition) is 10. The Morgan fingerprint density at radius 3 is 1.87 bits per heavy atom. The Kier molecular flexibility index (Phi) is 7.75. The standard InChI is InChI=1S/C28H24N8O2/c1-17-12-22(21-8-4-19(14-29)5-9-21)13-18(2)25(17)33-28-35-26(31-16-24(37)38-3)34-27(36-28)32-23-10-6-20(15-30)7-11-23/h4-13H,16H2,1-3H3,(H3,31,32,33,34,35,36). The van der Waals surface area contributed by atoms with Crippen LogP contribution in [0.1, 0.15) is 22.3 Å². The van der Waals surface area contributed by atoms with E-state index in [2.05, 4.69) is 43.0 Å². The molecular formula is C28H24N8O2. The van der Waals surface area contributed by atoms with Gasteiger partial charge in [0.15, 0.2) is 0 Å². The predicted octanol–water partition coefficient (Wildman–Crippen LogP) is 4.97. The van der Waals surface area contributed by atoms with Crippen LogP contribution >= 0.6 is 0 Å². The molecule has 0 spiro atoms. The SMILES string of the molecule is COC(=O)CNc1nc(Nc2ccc(C#N)cc2)nc(Nc2c(C)cc(-c3ccc(C#N)cc3)cc2C)n1. The molecule has 10 nitrogen and oxygen atoms in total. The van der Waals surface area contributed by atoms with E-state index in [0.717, 1.165) is 27.9 Å². The maximum atomic E-state index is 11.6. The molecule has 0 bridgehead atoms. The number of benzene rings is 3. The molecule has 1 heterocycles. The molecule has 0 radical (unpaired) electrons. The van der Waals surface area contributed by atoms with Crippen LogP contribution in [0.25, 0.3) is 11.1 Å². The average Bonchev–Trinajstić information content (AvgIpc) is 2.94. The number of methoxy groups -OCH3 is 1. The summed E-state index contributed by atoms with van der Waals surface area (Å²) in [6.07, 6.45) is 0. The Balaban J connectivity index is 1.64. The first-order valence-electron chi connectivity index (χ1n) is 11.6. The van der Waals surface area contributed by atoms with Gasteiger partial charge in [0.1, 0.15) is 6.54 Å². The van der Waals surface area contributed by atoms with E-state index in [0.29, 0.717) is 16.8 Å². The predicted molar refractivity (Wildman–Crippen MR) is 144 cm³/mol. The number of anilines is 5. The van der Waals surface area contributed by atoms with Crippen LogP contribution in [0.15, 0.2) is 60.7 Å². The third-order valence-corrected chi connectivity index (χ3v) is 5.64. The van der Waals surface area contributed by atoms with Crippen molar-refractivity contribution in [3.05, 3.63) is 82.9 Å². The number of aromatic nitrogens is 3. The number of hydrogen-bond donors (Lipinski definition) is 3. The zero-order chi connectivity index (χ0) is 27.1. The highest BCUT2D eigenvalue weighted by Crippen LogP contribution is 2.30. The van der Waals surface area contributed by atoms with Gasteiger partial charge in [-0.3, -0.25) is 4.79 Å². The number of aryl methyl sites for hydroxylation is 2. The molecule has 0 aliphatic carbocycles. The van der Waals surface area contributed by atoms with Gasteiger partial charge in [0, 0.05) is 11.4 Å². The number of carbonyl (C=O) groups is 1. The van der Waals surface area contributed by atoms with Gasteiger partial charge in [-0.25, -0.2) is 0 Å². The highest BCUT2D eigenvalue weighted by molar-refractivity contribution is 5.75. The first-order valence-corrected chi connectivity index (χ1v) is 11.6. The molecule has 0 unspecified atom stereocenters. The van der Waals surface area contributed by atoms with Crippen molar-refractivity contribution in [2.75, 3.05) is 29.6 Å². The lowest BCUT2D eigenvalue weighted by atomic mass is 9.98. The van der Waals surface area contributed by atoms with Crippen molar-refractivity contribution in [1.82, 2.24) is 15.0 Å². The molecule has 38 heavy (non-hydrogen) atoms. The fraction of sp³-hybridized carbons (Fsp3) is 0.143. The Labute approximate surface area is 220 Å². The first kappa shape index (κ1) is 25.6. The molecule has 0 saturated carbocycles. The van der Waals surface area contributed by atoms with E-state index in [1.165, 1.54) is 7.11 Å². The Bertz CT molecular complexity index is 1530. The summed E-state index contributed by atoms with van der Waals surface area (Å²) in [6, 6.07) is 22.6. The zero-order valence-electron chi connectivity index (χ0n) is 21.0. The Hall–Kier alpha value is -5.48. The summed E-state index contributed by atoms with van der Waals surface area (Å²) in [4.78, 5) is 24.9. The van der Waals surface area contributed by atoms with Crippen LogP contribution in [0, 0.1) is 36.5 Å². The van der Waals surface area contributed by atoms with Crippen LogP contribution in [0.4, 0.5) is 29.2 Å². The van der Waals surface area contributed by atoms with Crippen LogP contribution < -0.4 is 16.0 Å². The average molecular weight is 505 g/mol. The molecule has 0 aliphatic rings. The minimum Gasteiger partial charge on any atom is -0.468 e. The van der Waals surface area contributed by atoms with E-state index < -0.39 is 5.97 Å². The summed E-state index contributed by atoms with van der Waals surface area (Å²) < 4.78 is 4.69. The third-order valence-electron chi connectivity index (χ3n) is 5.64. The van der Waals surface area contributed by atoms with Crippen LogP contribution in [0.5, 0.6) is 0 Å². The Morgan fingerprint density at radius 2 is 1.32 bits per heavy atom. The van der Waals surface area contributed by atoms with Crippen molar-refractivity contribution in [2.24, 2.45) is 0 Å². The van der Waals surface area contributed by atoms with Gasteiger partial charge in [-0.2, -0.15) is 25.5 Å². The van der Waals surface area contributed by atoms with E-state index in [-0.39, 0.29) is 24.4 Å². The van der Waals surface area contributed by atoms with Gasteiger partial charge >= 0.3 is 5.97 Å². The first-order chi connectivity index (χ1) is 18.4. The molecule has 3 aromatic carbocycles. The molecule has 0 fully saturated rings. The van der Waals surface area contributed by atoms with Crippen molar-refractivity contribution in [1.29, 1.82) is 10.5 Å². The summed E-state index contributed by atoms with van der Waals surface area (Å²) in [5.74, 6) is 0.213. The van der Waals surface area contributed by atoms with E-state index in [1.54, 1.807) is 36.4 Å². The number of ether oxygens (including phenoxy) is 1. The lowest BCUT2D eigenvalue weighted by molar-refractivity contribution is -0.138. The smallest absolute Gasteiger partial charge is 0.325 e.